The van der Waals surface area contributed by atoms with E-state index in [9.17, 15) is 0 Å². The molecule has 0 atom stereocenters. The second-order valence-corrected chi connectivity index (χ2v) is 5.39. The Kier molecular flexibility index (Phi) is 2.69. The minimum Gasteiger partial charge on any atom is -0.493 e. The molecule has 16 heavy (non-hydrogen) atoms. The average Bonchev–Trinajstić information content (AvgIpc) is 2.75. The number of hydrogen-bond acceptors (Lipinski definition) is 3. The Morgan fingerprint density at radius 2 is 2.31 bits per heavy atom. The zero-order valence-electron chi connectivity index (χ0n) is 8.57. The Bertz CT molecular complexity index is 523. The molecule has 0 aliphatic carbocycles. The second-order valence-electron chi connectivity index (χ2n) is 3.72. The Balaban J connectivity index is 2.13. The molecule has 0 bridgehead atoms. The van der Waals surface area contributed by atoms with Gasteiger partial charge in [-0.05, 0) is 40.4 Å². The summed E-state index contributed by atoms with van der Waals surface area (Å²) in [4.78, 5) is 4.44. The van der Waals surface area contributed by atoms with Crippen LogP contribution in [0.4, 0.5) is 0 Å². The van der Waals surface area contributed by atoms with Crippen LogP contribution < -0.4 is 4.74 Å². The molecule has 1 aliphatic rings. The number of para-hydroxylation sites is 1. The van der Waals surface area contributed by atoms with Crippen LogP contribution in [0.15, 0.2) is 28.2 Å². The van der Waals surface area contributed by atoms with E-state index in [1.54, 1.807) is 11.3 Å². The highest BCUT2D eigenvalue weighted by molar-refractivity contribution is 9.10. The summed E-state index contributed by atoms with van der Waals surface area (Å²) in [5.41, 5.74) is 2.42. The molecule has 0 N–H and O–H groups in total. The van der Waals surface area contributed by atoms with Gasteiger partial charge in [0.15, 0.2) is 0 Å². The third-order valence-corrected chi connectivity index (χ3v) is 4.22. The summed E-state index contributed by atoms with van der Waals surface area (Å²) in [6.45, 7) is 0.816. The maximum Gasteiger partial charge on any atom is 0.132 e. The summed E-state index contributed by atoms with van der Waals surface area (Å²) in [5.74, 6) is 1.02. The lowest BCUT2D eigenvalue weighted by Crippen LogP contribution is -2.09. The molecule has 0 amide bonds. The highest BCUT2D eigenvalue weighted by Crippen LogP contribution is 2.37. The second kappa shape index (κ2) is 4.18. The van der Waals surface area contributed by atoms with E-state index >= 15 is 0 Å². The number of rotatable bonds is 1. The SMILES string of the molecule is Brc1csc(-c2cccc3c2OCCC3)n1. The molecule has 0 radical (unpaired) electrons. The minimum absolute atomic E-state index is 0.816. The molecule has 0 saturated carbocycles. The van der Waals surface area contributed by atoms with E-state index < -0.39 is 0 Å². The number of halogens is 1. The van der Waals surface area contributed by atoms with Crippen molar-refractivity contribution in [3.8, 4) is 16.3 Å². The van der Waals surface area contributed by atoms with Crippen molar-refractivity contribution in [3.63, 3.8) is 0 Å². The summed E-state index contributed by atoms with van der Waals surface area (Å²) in [6.07, 6.45) is 2.22. The third-order valence-electron chi connectivity index (χ3n) is 2.64. The Morgan fingerprint density at radius 1 is 1.38 bits per heavy atom. The summed E-state index contributed by atoms with van der Waals surface area (Å²) in [7, 11) is 0. The summed E-state index contributed by atoms with van der Waals surface area (Å²) in [5, 5.41) is 3.02. The molecule has 1 aromatic heterocycles. The van der Waals surface area contributed by atoms with Crippen LogP contribution >= 0.6 is 27.3 Å². The van der Waals surface area contributed by atoms with Crippen LogP contribution in [-0.4, -0.2) is 11.6 Å². The van der Waals surface area contributed by atoms with E-state index in [0.29, 0.717) is 0 Å². The molecule has 0 spiro atoms. The van der Waals surface area contributed by atoms with E-state index in [1.165, 1.54) is 5.56 Å². The largest absolute Gasteiger partial charge is 0.493 e. The van der Waals surface area contributed by atoms with Gasteiger partial charge in [0.25, 0.3) is 0 Å². The Morgan fingerprint density at radius 3 is 3.12 bits per heavy atom. The van der Waals surface area contributed by atoms with Crippen LogP contribution in [-0.2, 0) is 6.42 Å². The van der Waals surface area contributed by atoms with Crippen molar-refractivity contribution in [2.75, 3.05) is 6.61 Å². The summed E-state index contributed by atoms with van der Waals surface area (Å²) < 4.78 is 6.66. The van der Waals surface area contributed by atoms with Gasteiger partial charge in [-0.1, -0.05) is 12.1 Å². The molecule has 82 valence electrons. The summed E-state index contributed by atoms with van der Waals surface area (Å²) >= 11 is 5.02. The number of thiazole rings is 1. The van der Waals surface area contributed by atoms with Crippen LogP contribution in [0.1, 0.15) is 12.0 Å². The Hall–Kier alpha value is -0.870. The molecular weight excluding hydrogens is 286 g/mol. The van der Waals surface area contributed by atoms with E-state index in [1.807, 2.05) is 5.38 Å². The highest BCUT2D eigenvalue weighted by Gasteiger charge is 2.17. The first-order valence-electron chi connectivity index (χ1n) is 5.21. The number of hydrogen-bond donors (Lipinski definition) is 0. The molecular formula is C12H10BrNOS. The normalized spacial score (nSPS) is 14.3. The van der Waals surface area contributed by atoms with Gasteiger partial charge in [-0.15, -0.1) is 11.3 Å². The van der Waals surface area contributed by atoms with Crippen LogP contribution in [0.2, 0.25) is 0 Å². The zero-order chi connectivity index (χ0) is 11.0. The fourth-order valence-electron chi connectivity index (χ4n) is 1.94. The van der Waals surface area contributed by atoms with E-state index in [-0.39, 0.29) is 0 Å². The standard InChI is InChI=1S/C12H10BrNOS/c13-10-7-16-12(14-10)9-5-1-3-8-4-2-6-15-11(8)9/h1,3,5,7H,2,4,6H2. The minimum atomic E-state index is 0.816. The predicted molar refractivity (Wildman–Crippen MR) is 69.1 cm³/mol. The van der Waals surface area contributed by atoms with E-state index in [4.69, 9.17) is 4.74 Å². The van der Waals surface area contributed by atoms with Gasteiger partial charge in [0, 0.05) is 5.38 Å². The van der Waals surface area contributed by atoms with Gasteiger partial charge in [0.05, 0.1) is 12.2 Å². The number of aromatic nitrogens is 1. The molecule has 2 nitrogen and oxygen atoms in total. The number of aryl methyl sites for hydroxylation is 1. The number of nitrogens with zero attached hydrogens (tertiary/aromatic N) is 1. The number of fused-ring (bicyclic) bond motifs is 1. The van der Waals surface area contributed by atoms with E-state index in [0.717, 1.165) is 40.4 Å². The molecule has 3 rings (SSSR count). The van der Waals surface area contributed by atoms with Gasteiger partial charge >= 0.3 is 0 Å². The number of benzene rings is 1. The first-order valence-corrected chi connectivity index (χ1v) is 6.88. The molecule has 0 unspecified atom stereocenters. The van der Waals surface area contributed by atoms with Gasteiger partial charge in [0.2, 0.25) is 0 Å². The zero-order valence-corrected chi connectivity index (χ0v) is 11.0. The molecule has 4 heteroatoms. The van der Waals surface area contributed by atoms with Crippen molar-refractivity contribution in [2.24, 2.45) is 0 Å². The van der Waals surface area contributed by atoms with Crippen LogP contribution in [0, 0.1) is 0 Å². The van der Waals surface area contributed by atoms with Crippen molar-refractivity contribution in [2.45, 2.75) is 12.8 Å². The fraction of sp³-hybridized carbons (Fsp3) is 0.250. The topological polar surface area (TPSA) is 22.1 Å². The molecule has 0 saturated heterocycles. The van der Waals surface area contributed by atoms with Crippen molar-refractivity contribution >= 4 is 27.3 Å². The van der Waals surface area contributed by atoms with Gasteiger partial charge in [-0.25, -0.2) is 4.98 Å². The van der Waals surface area contributed by atoms with Gasteiger partial charge in [-0.2, -0.15) is 0 Å². The van der Waals surface area contributed by atoms with Crippen molar-refractivity contribution < 1.29 is 4.74 Å². The van der Waals surface area contributed by atoms with Gasteiger partial charge in [-0.3, -0.25) is 0 Å². The van der Waals surface area contributed by atoms with Gasteiger partial charge < -0.3 is 4.74 Å². The van der Waals surface area contributed by atoms with Crippen molar-refractivity contribution in [1.29, 1.82) is 0 Å². The fourth-order valence-corrected chi connectivity index (χ4v) is 3.21. The maximum absolute atomic E-state index is 5.77. The molecule has 2 aromatic rings. The first-order chi connectivity index (χ1) is 7.84. The lowest BCUT2D eigenvalue weighted by Gasteiger charge is -2.19. The molecule has 2 heterocycles. The third kappa shape index (κ3) is 1.76. The van der Waals surface area contributed by atoms with Crippen LogP contribution in [0.5, 0.6) is 5.75 Å². The Labute approximate surface area is 106 Å². The molecule has 1 aliphatic heterocycles. The van der Waals surface area contributed by atoms with Crippen LogP contribution in [0.3, 0.4) is 0 Å². The molecule has 1 aromatic carbocycles. The number of ether oxygens (including phenoxy) is 1. The predicted octanol–water partition coefficient (Wildman–Crippen LogP) is 3.90. The van der Waals surface area contributed by atoms with Gasteiger partial charge in [0.1, 0.15) is 15.4 Å². The quantitative estimate of drug-likeness (QED) is 0.796. The summed E-state index contributed by atoms with van der Waals surface area (Å²) in [6, 6.07) is 6.30. The highest BCUT2D eigenvalue weighted by atomic mass is 79.9. The maximum atomic E-state index is 5.77. The van der Waals surface area contributed by atoms with Crippen molar-refractivity contribution in [3.05, 3.63) is 33.7 Å². The monoisotopic (exact) mass is 295 g/mol. The smallest absolute Gasteiger partial charge is 0.132 e. The lowest BCUT2D eigenvalue weighted by molar-refractivity contribution is 0.289. The first kappa shape index (κ1) is 10.3. The average molecular weight is 296 g/mol. The van der Waals surface area contributed by atoms with E-state index in [2.05, 4.69) is 39.1 Å². The van der Waals surface area contributed by atoms with Crippen LogP contribution in [0.25, 0.3) is 10.6 Å². The molecule has 0 fully saturated rings. The lowest BCUT2D eigenvalue weighted by atomic mass is 10.0. The van der Waals surface area contributed by atoms with Crippen molar-refractivity contribution in [1.82, 2.24) is 4.98 Å².